The van der Waals surface area contributed by atoms with Gasteiger partial charge in [0, 0.05) is 10.2 Å². The van der Waals surface area contributed by atoms with Crippen LogP contribution < -0.4 is 10.1 Å². The summed E-state index contributed by atoms with van der Waals surface area (Å²) in [5.41, 5.74) is 3.35. The smallest absolute Gasteiger partial charge is 0.247 e. The monoisotopic (exact) mass is 660 g/mol. The van der Waals surface area contributed by atoms with Gasteiger partial charge in [-0.2, -0.15) is 0 Å². The molecule has 3 amide bonds. The topological polar surface area (TPSA) is 75.7 Å². The van der Waals surface area contributed by atoms with Crippen LogP contribution in [0.3, 0.4) is 0 Å². The number of imide groups is 1. The molecule has 1 fully saturated rings. The molecule has 8 rings (SSSR count). The number of benzene rings is 4. The fraction of sp³-hybridized carbons (Fsp3) is 0.182. The molecule has 0 spiro atoms. The highest BCUT2D eigenvalue weighted by Gasteiger charge is 2.73. The van der Waals surface area contributed by atoms with Crippen LogP contribution in [-0.4, -0.2) is 28.7 Å². The first-order chi connectivity index (χ1) is 20.2. The number of likely N-dealkylation sites (tertiary alicyclic amines) is 1. The van der Waals surface area contributed by atoms with Crippen molar-refractivity contribution in [3.63, 3.8) is 0 Å². The Balaban J connectivity index is 1.16. The second-order valence-electron chi connectivity index (χ2n) is 10.8. The lowest BCUT2D eigenvalue weighted by molar-refractivity contribution is -0.146. The number of halogens is 3. The summed E-state index contributed by atoms with van der Waals surface area (Å²) in [4.78, 5) is 40.1. The van der Waals surface area contributed by atoms with Crippen molar-refractivity contribution in [2.75, 3.05) is 5.32 Å². The normalized spacial score (nSPS) is 25.9. The first kappa shape index (κ1) is 27.2. The zero-order chi connectivity index (χ0) is 29.4. The van der Waals surface area contributed by atoms with E-state index >= 15 is 0 Å². The fourth-order valence-electron chi connectivity index (χ4n) is 6.68. The average Bonchev–Trinajstić information content (AvgIpc) is 3.28. The molecule has 3 atom stereocenters. The van der Waals surface area contributed by atoms with E-state index < -0.39 is 45.3 Å². The summed E-state index contributed by atoms with van der Waals surface area (Å²) in [6.45, 7) is 1.54. The van der Waals surface area contributed by atoms with E-state index in [1.54, 1.807) is 24.3 Å². The maximum Gasteiger partial charge on any atom is 0.247 e. The zero-order valence-corrected chi connectivity index (χ0v) is 25.3. The fourth-order valence-corrected chi connectivity index (χ4v) is 8.04. The van der Waals surface area contributed by atoms with Gasteiger partial charge in [0.05, 0.1) is 11.8 Å². The predicted octanol–water partition coefficient (Wildman–Crippen LogP) is 7.16. The Labute approximate surface area is 260 Å². The number of hydrogen-bond acceptors (Lipinski definition) is 4. The molecule has 4 aliphatic rings. The number of nitrogens with zero attached hydrogens (tertiary/aromatic N) is 1. The summed E-state index contributed by atoms with van der Waals surface area (Å²) in [5.74, 6) is -2.18. The highest BCUT2D eigenvalue weighted by atomic mass is 79.9. The highest BCUT2D eigenvalue weighted by Crippen LogP contribution is 2.69. The quantitative estimate of drug-likeness (QED) is 0.182. The van der Waals surface area contributed by atoms with Crippen LogP contribution in [0.25, 0.3) is 0 Å². The van der Waals surface area contributed by atoms with Crippen LogP contribution >= 0.6 is 39.1 Å². The van der Waals surface area contributed by atoms with Gasteiger partial charge in [0.1, 0.15) is 27.3 Å². The lowest BCUT2D eigenvalue weighted by Gasteiger charge is -2.54. The van der Waals surface area contributed by atoms with Gasteiger partial charge in [-0.25, -0.2) is 0 Å². The number of ether oxygens (including phenoxy) is 1. The van der Waals surface area contributed by atoms with E-state index in [9.17, 15) is 14.4 Å². The first-order valence-corrected chi connectivity index (χ1v) is 15.0. The number of carbonyl (C=O) groups excluding carboxylic acids is 3. The van der Waals surface area contributed by atoms with Gasteiger partial charge in [0.25, 0.3) is 0 Å². The van der Waals surface area contributed by atoms with Crippen LogP contribution in [0.1, 0.15) is 29.2 Å². The molecule has 1 heterocycles. The molecule has 0 radical (unpaired) electrons. The predicted molar refractivity (Wildman–Crippen MR) is 164 cm³/mol. The molecule has 1 aliphatic heterocycles. The van der Waals surface area contributed by atoms with Crippen molar-refractivity contribution in [1.82, 2.24) is 4.90 Å². The van der Waals surface area contributed by atoms with Gasteiger partial charge < -0.3 is 10.1 Å². The number of anilines is 1. The van der Waals surface area contributed by atoms with Gasteiger partial charge in [0.15, 0.2) is 0 Å². The van der Waals surface area contributed by atoms with Crippen LogP contribution in [0.15, 0.2) is 102 Å². The summed E-state index contributed by atoms with van der Waals surface area (Å²) in [6.07, 6.45) is 0. The SMILES string of the molecule is C[C@@H](C(=O)Nc1ccc(Oc2ccc(Br)cc2)cc1)N1C(=O)[C@@H]2[C@H](C1=O)C1(Cl)c3ccccc3C2(Cl)c2ccccc21. The van der Waals surface area contributed by atoms with E-state index in [-0.39, 0.29) is 0 Å². The van der Waals surface area contributed by atoms with Gasteiger partial charge in [-0.15, -0.1) is 23.2 Å². The van der Waals surface area contributed by atoms with Crippen molar-refractivity contribution < 1.29 is 19.1 Å². The number of rotatable bonds is 5. The molecule has 3 aliphatic carbocycles. The molecule has 6 nitrogen and oxygen atoms in total. The Morgan fingerprint density at radius 2 is 1.17 bits per heavy atom. The van der Waals surface area contributed by atoms with Gasteiger partial charge in [0.2, 0.25) is 17.7 Å². The second kappa shape index (κ2) is 9.69. The van der Waals surface area contributed by atoms with Crippen molar-refractivity contribution >= 4 is 62.5 Å². The number of nitrogens with one attached hydrogen (secondary N) is 1. The van der Waals surface area contributed by atoms with Crippen LogP contribution in [-0.2, 0) is 24.1 Å². The second-order valence-corrected chi connectivity index (χ2v) is 12.9. The first-order valence-electron chi connectivity index (χ1n) is 13.4. The van der Waals surface area contributed by atoms with E-state index in [2.05, 4.69) is 21.2 Å². The van der Waals surface area contributed by atoms with Crippen LogP contribution in [0.2, 0.25) is 0 Å². The molecule has 0 saturated carbocycles. The Morgan fingerprint density at radius 3 is 1.60 bits per heavy atom. The molecule has 0 aromatic heterocycles. The van der Waals surface area contributed by atoms with Crippen molar-refractivity contribution in [3.8, 4) is 11.5 Å². The molecule has 2 bridgehead atoms. The molecular weight excluding hydrogens is 639 g/mol. The maximum absolute atomic E-state index is 14.1. The van der Waals surface area contributed by atoms with Gasteiger partial charge in [-0.05, 0) is 77.7 Å². The van der Waals surface area contributed by atoms with E-state index in [1.165, 1.54) is 6.92 Å². The largest absolute Gasteiger partial charge is 0.457 e. The minimum absolute atomic E-state index is 0.494. The van der Waals surface area contributed by atoms with Crippen molar-refractivity contribution in [3.05, 3.63) is 124 Å². The third-order valence-corrected chi connectivity index (χ3v) is 10.4. The summed E-state index contributed by atoms with van der Waals surface area (Å²) in [5, 5.41) is 2.82. The molecule has 42 heavy (non-hydrogen) atoms. The minimum Gasteiger partial charge on any atom is -0.457 e. The number of alkyl halides is 2. The Morgan fingerprint density at radius 1 is 0.762 bits per heavy atom. The lowest BCUT2D eigenvalue weighted by Crippen LogP contribution is -2.57. The molecule has 210 valence electrons. The summed E-state index contributed by atoms with van der Waals surface area (Å²) in [6, 6.07) is 28.1. The van der Waals surface area contributed by atoms with Gasteiger partial charge in [-0.3, -0.25) is 19.3 Å². The van der Waals surface area contributed by atoms with E-state index in [4.69, 9.17) is 27.9 Å². The molecular formula is C33H23BrCl2N2O4. The van der Waals surface area contributed by atoms with Crippen molar-refractivity contribution in [2.45, 2.75) is 22.7 Å². The highest BCUT2D eigenvalue weighted by molar-refractivity contribution is 9.10. The van der Waals surface area contributed by atoms with E-state index in [0.29, 0.717) is 39.4 Å². The molecule has 1 N–H and O–H groups in total. The zero-order valence-electron chi connectivity index (χ0n) is 22.2. The van der Waals surface area contributed by atoms with Crippen LogP contribution in [0.5, 0.6) is 11.5 Å². The van der Waals surface area contributed by atoms with Gasteiger partial charge in [-0.1, -0.05) is 64.5 Å². The summed E-state index contributed by atoms with van der Waals surface area (Å²) < 4.78 is 6.79. The minimum atomic E-state index is -1.29. The van der Waals surface area contributed by atoms with E-state index in [0.717, 1.165) is 9.37 Å². The number of hydrogen-bond donors (Lipinski definition) is 1. The number of amides is 3. The lowest BCUT2D eigenvalue weighted by atomic mass is 9.54. The van der Waals surface area contributed by atoms with Crippen LogP contribution in [0, 0.1) is 11.8 Å². The third kappa shape index (κ3) is 3.73. The molecule has 4 aromatic rings. The van der Waals surface area contributed by atoms with E-state index in [1.807, 2.05) is 72.8 Å². The van der Waals surface area contributed by atoms with Crippen LogP contribution in [0.4, 0.5) is 5.69 Å². The van der Waals surface area contributed by atoms with Crippen molar-refractivity contribution in [2.24, 2.45) is 11.8 Å². The molecule has 4 aromatic carbocycles. The standard InChI is InChI=1S/C33H23BrCl2N2O4/c1-18(29(39)37-20-12-16-22(17-13-20)42-21-14-10-19(34)11-15-21)38-30(40)27-28(31(38)41)33(36)24-7-3-2-6-23(24)32(27,35)25-8-4-5-9-26(25)33/h2-18,27-28H,1H3,(H,37,39)/t18-,27-,28+,32?,33?/m0/s1. The Hall–Kier alpha value is -3.65. The summed E-state index contributed by atoms with van der Waals surface area (Å²) >= 11 is 18.3. The van der Waals surface area contributed by atoms with Crippen molar-refractivity contribution in [1.29, 1.82) is 0 Å². The molecule has 9 heteroatoms. The number of carbonyl (C=O) groups is 3. The van der Waals surface area contributed by atoms with Gasteiger partial charge >= 0.3 is 0 Å². The molecule has 1 saturated heterocycles. The molecule has 0 unspecified atom stereocenters. The summed E-state index contributed by atoms with van der Waals surface area (Å²) in [7, 11) is 0. The Kier molecular flexibility index (Phi) is 6.28. The average molecular weight is 662 g/mol. The third-order valence-electron chi connectivity index (χ3n) is 8.56. The maximum atomic E-state index is 14.1. The Bertz CT molecular complexity index is 1650.